The van der Waals surface area contributed by atoms with Crippen molar-refractivity contribution in [1.29, 1.82) is 0 Å². The van der Waals surface area contributed by atoms with E-state index in [-0.39, 0.29) is 0 Å². The molecule has 4 nitrogen and oxygen atoms in total. The molecule has 0 unspecified atom stereocenters. The maximum atomic E-state index is 5.74. The summed E-state index contributed by atoms with van der Waals surface area (Å²) in [5, 5.41) is 3.17. The van der Waals surface area contributed by atoms with Gasteiger partial charge in [-0.3, -0.25) is 4.99 Å². The van der Waals surface area contributed by atoms with Crippen molar-refractivity contribution in [2.24, 2.45) is 10.7 Å². The third-order valence-corrected chi connectivity index (χ3v) is 3.02. The van der Waals surface area contributed by atoms with E-state index in [1.54, 1.807) is 0 Å². The molecule has 2 rings (SSSR count). The number of benzene rings is 1. The predicted molar refractivity (Wildman–Crippen MR) is 78.0 cm³/mol. The zero-order valence-electron chi connectivity index (χ0n) is 11.3. The van der Waals surface area contributed by atoms with Gasteiger partial charge in [-0.2, -0.15) is 0 Å². The monoisotopic (exact) mass is 261 g/mol. The van der Waals surface area contributed by atoms with E-state index in [9.17, 15) is 0 Å². The Morgan fingerprint density at radius 3 is 2.79 bits per heavy atom. The Morgan fingerprint density at radius 1 is 1.26 bits per heavy atom. The Bertz CT molecular complexity index is 388. The molecular weight excluding hydrogens is 238 g/mol. The zero-order valence-corrected chi connectivity index (χ0v) is 11.3. The highest BCUT2D eigenvalue weighted by atomic mass is 16.5. The van der Waals surface area contributed by atoms with Gasteiger partial charge >= 0.3 is 0 Å². The van der Waals surface area contributed by atoms with E-state index in [0.29, 0.717) is 18.6 Å². The van der Waals surface area contributed by atoms with Gasteiger partial charge in [-0.05, 0) is 31.2 Å². The highest BCUT2D eigenvalue weighted by molar-refractivity contribution is 5.78. The first-order chi connectivity index (χ1) is 9.34. The van der Waals surface area contributed by atoms with E-state index in [4.69, 9.17) is 10.5 Å². The van der Waals surface area contributed by atoms with Crippen molar-refractivity contribution in [3.05, 3.63) is 35.9 Å². The van der Waals surface area contributed by atoms with Gasteiger partial charge in [0, 0.05) is 19.2 Å². The zero-order chi connectivity index (χ0) is 13.3. The molecule has 0 spiro atoms. The van der Waals surface area contributed by atoms with Gasteiger partial charge in [0.1, 0.15) is 0 Å². The first kappa shape index (κ1) is 13.9. The Hall–Kier alpha value is -1.55. The topological polar surface area (TPSA) is 59.6 Å². The SMILES string of the molecule is NC(=NCCCCOCc1ccccc1)NC1CC1. The lowest BCUT2D eigenvalue weighted by molar-refractivity contribution is 0.117. The molecular formula is C15H23N3O. The fourth-order valence-corrected chi connectivity index (χ4v) is 1.76. The number of hydrogen-bond acceptors (Lipinski definition) is 2. The van der Waals surface area contributed by atoms with Crippen molar-refractivity contribution >= 4 is 5.96 Å². The number of guanidine groups is 1. The number of nitrogens with zero attached hydrogens (tertiary/aromatic N) is 1. The Labute approximate surface area is 115 Å². The van der Waals surface area contributed by atoms with Crippen molar-refractivity contribution in [2.45, 2.75) is 38.3 Å². The van der Waals surface area contributed by atoms with Gasteiger partial charge in [0.05, 0.1) is 6.61 Å². The van der Waals surface area contributed by atoms with Crippen molar-refractivity contribution in [1.82, 2.24) is 5.32 Å². The molecule has 1 fully saturated rings. The summed E-state index contributed by atoms with van der Waals surface area (Å²) in [6.45, 7) is 2.25. The van der Waals surface area contributed by atoms with E-state index < -0.39 is 0 Å². The summed E-state index contributed by atoms with van der Waals surface area (Å²) in [7, 11) is 0. The summed E-state index contributed by atoms with van der Waals surface area (Å²) in [6, 6.07) is 10.8. The van der Waals surface area contributed by atoms with Crippen molar-refractivity contribution in [2.75, 3.05) is 13.2 Å². The van der Waals surface area contributed by atoms with E-state index in [0.717, 1.165) is 26.0 Å². The molecule has 0 heterocycles. The van der Waals surface area contributed by atoms with Crippen molar-refractivity contribution in [3.63, 3.8) is 0 Å². The Kier molecular flexibility index (Phi) is 5.69. The molecule has 104 valence electrons. The third-order valence-electron chi connectivity index (χ3n) is 3.02. The summed E-state index contributed by atoms with van der Waals surface area (Å²) in [5.41, 5.74) is 6.96. The van der Waals surface area contributed by atoms with Crippen LogP contribution in [0.25, 0.3) is 0 Å². The lowest BCUT2D eigenvalue weighted by Gasteiger charge is -2.04. The van der Waals surface area contributed by atoms with Crippen LogP contribution in [0.4, 0.5) is 0 Å². The van der Waals surface area contributed by atoms with Gasteiger partial charge in [0.25, 0.3) is 0 Å². The first-order valence-corrected chi connectivity index (χ1v) is 7.03. The fourth-order valence-electron chi connectivity index (χ4n) is 1.76. The number of hydrogen-bond donors (Lipinski definition) is 2. The standard InChI is InChI=1S/C15H23N3O/c16-15(18-14-8-9-14)17-10-4-5-11-19-12-13-6-2-1-3-7-13/h1-3,6-7,14H,4-5,8-12H2,(H3,16,17,18). The molecule has 1 aliphatic rings. The summed E-state index contributed by atoms with van der Waals surface area (Å²) < 4.78 is 5.61. The molecule has 0 aromatic heterocycles. The van der Waals surface area contributed by atoms with Gasteiger partial charge in [0.15, 0.2) is 5.96 Å². The van der Waals surface area contributed by atoms with Crippen LogP contribution in [-0.4, -0.2) is 25.2 Å². The van der Waals surface area contributed by atoms with E-state index in [1.807, 2.05) is 18.2 Å². The second-order valence-electron chi connectivity index (χ2n) is 4.93. The van der Waals surface area contributed by atoms with Crippen LogP contribution in [0.5, 0.6) is 0 Å². The Morgan fingerprint density at radius 2 is 2.05 bits per heavy atom. The maximum Gasteiger partial charge on any atom is 0.188 e. The highest BCUT2D eigenvalue weighted by Gasteiger charge is 2.21. The second kappa shape index (κ2) is 7.79. The molecule has 0 amide bonds. The summed E-state index contributed by atoms with van der Waals surface area (Å²) in [6.07, 6.45) is 4.49. The summed E-state index contributed by atoms with van der Waals surface area (Å²) in [4.78, 5) is 4.29. The smallest absolute Gasteiger partial charge is 0.188 e. The highest BCUT2D eigenvalue weighted by Crippen LogP contribution is 2.17. The minimum Gasteiger partial charge on any atom is -0.377 e. The largest absolute Gasteiger partial charge is 0.377 e. The molecule has 1 aromatic rings. The molecule has 0 radical (unpaired) electrons. The number of rotatable bonds is 8. The van der Waals surface area contributed by atoms with Crippen LogP contribution in [-0.2, 0) is 11.3 Å². The van der Waals surface area contributed by atoms with Crippen LogP contribution in [0.1, 0.15) is 31.2 Å². The van der Waals surface area contributed by atoms with Gasteiger partial charge in [-0.1, -0.05) is 30.3 Å². The van der Waals surface area contributed by atoms with E-state index >= 15 is 0 Å². The van der Waals surface area contributed by atoms with Crippen molar-refractivity contribution in [3.8, 4) is 0 Å². The summed E-state index contributed by atoms with van der Waals surface area (Å²) in [5.74, 6) is 0.590. The average molecular weight is 261 g/mol. The van der Waals surface area contributed by atoms with Crippen LogP contribution >= 0.6 is 0 Å². The lowest BCUT2D eigenvalue weighted by Crippen LogP contribution is -2.33. The lowest BCUT2D eigenvalue weighted by atomic mass is 10.2. The molecule has 0 saturated heterocycles. The average Bonchev–Trinajstić information content (AvgIpc) is 3.23. The molecule has 19 heavy (non-hydrogen) atoms. The number of nitrogens with two attached hydrogens (primary N) is 1. The molecule has 1 aromatic carbocycles. The van der Waals surface area contributed by atoms with Crippen LogP contribution in [0, 0.1) is 0 Å². The van der Waals surface area contributed by atoms with Crippen LogP contribution in [0.2, 0.25) is 0 Å². The molecule has 4 heteroatoms. The minimum atomic E-state index is 0.581. The first-order valence-electron chi connectivity index (χ1n) is 7.03. The van der Waals surface area contributed by atoms with Gasteiger partial charge in [-0.25, -0.2) is 0 Å². The van der Waals surface area contributed by atoms with Crippen LogP contribution in [0.3, 0.4) is 0 Å². The van der Waals surface area contributed by atoms with E-state index in [2.05, 4.69) is 22.4 Å². The number of ether oxygens (including phenoxy) is 1. The normalized spacial score (nSPS) is 15.5. The molecule has 1 aliphatic carbocycles. The van der Waals surface area contributed by atoms with Gasteiger partial charge < -0.3 is 15.8 Å². The molecule has 0 aliphatic heterocycles. The van der Waals surface area contributed by atoms with Gasteiger partial charge in [-0.15, -0.1) is 0 Å². The number of aliphatic imine (C=N–C) groups is 1. The predicted octanol–water partition coefficient (Wildman–Crippen LogP) is 2.05. The molecule has 3 N–H and O–H groups in total. The molecule has 0 bridgehead atoms. The molecule has 1 saturated carbocycles. The van der Waals surface area contributed by atoms with Crippen LogP contribution in [0.15, 0.2) is 35.3 Å². The number of unbranched alkanes of at least 4 members (excludes halogenated alkanes) is 1. The Balaban J connectivity index is 1.45. The summed E-state index contributed by atoms with van der Waals surface area (Å²) >= 11 is 0. The van der Waals surface area contributed by atoms with Crippen LogP contribution < -0.4 is 11.1 Å². The quantitative estimate of drug-likeness (QED) is 0.428. The maximum absolute atomic E-state index is 5.74. The van der Waals surface area contributed by atoms with E-state index in [1.165, 1.54) is 18.4 Å². The second-order valence-corrected chi connectivity index (χ2v) is 4.93. The minimum absolute atomic E-state index is 0.581. The fraction of sp³-hybridized carbons (Fsp3) is 0.533. The number of nitrogens with one attached hydrogen (secondary N) is 1. The molecule has 0 atom stereocenters. The van der Waals surface area contributed by atoms with Crippen molar-refractivity contribution < 1.29 is 4.74 Å². The van der Waals surface area contributed by atoms with Gasteiger partial charge in [0.2, 0.25) is 0 Å². The third kappa shape index (κ3) is 6.25.